The number of rotatable bonds is 5. The van der Waals surface area contributed by atoms with Gasteiger partial charge in [0.1, 0.15) is 0 Å². The summed E-state index contributed by atoms with van der Waals surface area (Å²) in [5, 5.41) is 2.40. The van der Waals surface area contributed by atoms with Gasteiger partial charge in [0.05, 0.1) is 10.4 Å². The molecule has 1 fully saturated rings. The van der Waals surface area contributed by atoms with Crippen molar-refractivity contribution >= 4 is 37.0 Å². The number of nitrogens with one attached hydrogen (secondary N) is 1. The number of hydrogen-bond acceptors (Lipinski definition) is 6. The van der Waals surface area contributed by atoms with E-state index in [0.29, 0.717) is 18.6 Å². The molecule has 0 radical (unpaired) electrons. The van der Waals surface area contributed by atoms with Crippen LogP contribution >= 0.6 is 0 Å². The lowest BCUT2D eigenvalue weighted by Crippen LogP contribution is -2.35. The number of sulfone groups is 1. The molecule has 0 unspecified atom stereocenters. The molecular formula is C20H22N4O5S2. The van der Waals surface area contributed by atoms with Crippen LogP contribution in [0.25, 0.3) is 5.52 Å². The van der Waals surface area contributed by atoms with E-state index in [9.17, 15) is 21.6 Å². The maximum absolute atomic E-state index is 12.9. The van der Waals surface area contributed by atoms with Crippen LogP contribution in [0.3, 0.4) is 0 Å². The Morgan fingerprint density at radius 2 is 1.74 bits per heavy atom. The Kier molecular flexibility index (Phi) is 5.58. The maximum Gasteiger partial charge on any atom is 0.276 e. The molecule has 9 nitrogen and oxygen atoms in total. The molecule has 1 aliphatic rings. The molecule has 0 bridgehead atoms. The quantitative estimate of drug-likeness (QED) is 0.621. The summed E-state index contributed by atoms with van der Waals surface area (Å²) >= 11 is 0. The summed E-state index contributed by atoms with van der Waals surface area (Å²) < 4.78 is 52.7. The van der Waals surface area contributed by atoms with Gasteiger partial charge in [-0.3, -0.25) is 9.20 Å². The number of imidazole rings is 1. The van der Waals surface area contributed by atoms with Crippen molar-refractivity contribution in [1.29, 1.82) is 0 Å². The Bertz CT molecular complexity index is 1360. The molecule has 1 aliphatic heterocycles. The first-order chi connectivity index (χ1) is 14.7. The van der Waals surface area contributed by atoms with Crippen molar-refractivity contribution in [3.8, 4) is 0 Å². The molecule has 164 valence electrons. The topological polar surface area (TPSA) is 118 Å². The Hall–Kier alpha value is -2.76. The van der Waals surface area contributed by atoms with Crippen LogP contribution < -0.4 is 5.32 Å². The van der Waals surface area contributed by atoms with Crippen molar-refractivity contribution in [2.75, 3.05) is 24.7 Å². The van der Waals surface area contributed by atoms with Crippen LogP contribution in [0, 0.1) is 0 Å². The Morgan fingerprint density at radius 1 is 1.00 bits per heavy atom. The van der Waals surface area contributed by atoms with E-state index in [1.807, 2.05) is 0 Å². The minimum absolute atomic E-state index is 0.0645. The van der Waals surface area contributed by atoms with E-state index in [1.54, 1.807) is 30.3 Å². The highest BCUT2D eigenvalue weighted by molar-refractivity contribution is 7.90. The van der Waals surface area contributed by atoms with Gasteiger partial charge in [-0.25, -0.2) is 21.8 Å². The molecule has 0 spiro atoms. The molecule has 31 heavy (non-hydrogen) atoms. The number of nitrogens with zero attached hydrogens (tertiary/aromatic N) is 3. The number of pyridine rings is 1. The number of aromatic nitrogens is 2. The molecular weight excluding hydrogens is 440 g/mol. The monoisotopic (exact) mass is 462 g/mol. The second-order valence-electron chi connectivity index (χ2n) is 7.42. The summed E-state index contributed by atoms with van der Waals surface area (Å²) in [5.41, 5.74) is 0.545. The zero-order chi connectivity index (χ0) is 22.2. The van der Waals surface area contributed by atoms with Gasteiger partial charge in [0.2, 0.25) is 25.0 Å². The number of amides is 1. The zero-order valence-electron chi connectivity index (χ0n) is 16.9. The molecule has 0 aliphatic carbocycles. The van der Waals surface area contributed by atoms with Gasteiger partial charge in [-0.05, 0) is 43.2 Å². The molecule has 1 saturated heterocycles. The molecule has 0 atom stereocenters. The van der Waals surface area contributed by atoms with Crippen LogP contribution in [0.1, 0.15) is 29.8 Å². The Balaban J connectivity index is 1.65. The SMILES string of the molecule is CS(=O)(=O)c1nc(C(=O)Nc2cccc(S(=O)(=O)N3CCCCC3)c2)c2ccccn12. The highest BCUT2D eigenvalue weighted by atomic mass is 32.2. The average molecular weight is 463 g/mol. The van der Waals surface area contributed by atoms with E-state index in [2.05, 4.69) is 10.3 Å². The number of carbonyl (C=O) groups is 1. The van der Waals surface area contributed by atoms with E-state index in [1.165, 1.54) is 27.0 Å². The smallest absolute Gasteiger partial charge is 0.276 e. The second kappa shape index (κ2) is 8.06. The number of benzene rings is 1. The Labute approximate surface area is 180 Å². The summed E-state index contributed by atoms with van der Waals surface area (Å²) in [5.74, 6) is -0.633. The molecule has 1 N–H and O–H groups in total. The third kappa shape index (κ3) is 4.21. The number of carbonyl (C=O) groups excluding carboxylic acids is 1. The molecule has 1 aromatic carbocycles. The third-order valence-electron chi connectivity index (χ3n) is 5.11. The predicted molar refractivity (Wildman–Crippen MR) is 115 cm³/mol. The van der Waals surface area contributed by atoms with Crippen LogP contribution in [0.2, 0.25) is 0 Å². The zero-order valence-corrected chi connectivity index (χ0v) is 18.5. The lowest BCUT2D eigenvalue weighted by molar-refractivity contribution is 0.102. The van der Waals surface area contributed by atoms with Gasteiger partial charge in [0.15, 0.2) is 5.69 Å². The number of hydrogen-bond donors (Lipinski definition) is 1. The minimum atomic E-state index is -3.67. The molecule has 4 rings (SSSR count). The molecule has 2 aromatic heterocycles. The number of sulfonamides is 1. The molecule has 11 heteroatoms. The van der Waals surface area contributed by atoms with Crippen LogP contribution in [-0.2, 0) is 19.9 Å². The fraction of sp³-hybridized carbons (Fsp3) is 0.300. The van der Waals surface area contributed by atoms with Crippen molar-refractivity contribution in [3.05, 3.63) is 54.4 Å². The van der Waals surface area contributed by atoms with E-state index in [0.717, 1.165) is 25.5 Å². The summed E-state index contributed by atoms with van der Waals surface area (Å²) in [6, 6.07) is 10.9. The molecule has 3 heterocycles. The highest BCUT2D eigenvalue weighted by Crippen LogP contribution is 2.24. The largest absolute Gasteiger partial charge is 0.321 e. The first-order valence-corrected chi connectivity index (χ1v) is 13.1. The summed E-state index contributed by atoms with van der Waals surface area (Å²) in [4.78, 5) is 17.0. The summed E-state index contributed by atoms with van der Waals surface area (Å²) in [7, 11) is -7.32. The molecule has 3 aromatic rings. The minimum Gasteiger partial charge on any atom is -0.321 e. The van der Waals surface area contributed by atoms with Gasteiger partial charge >= 0.3 is 0 Å². The number of anilines is 1. The summed E-state index contributed by atoms with van der Waals surface area (Å²) in [6.45, 7) is 0.960. The van der Waals surface area contributed by atoms with Gasteiger partial charge < -0.3 is 5.32 Å². The lowest BCUT2D eigenvalue weighted by atomic mass is 10.2. The second-order valence-corrected chi connectivity index (χ2v) is 11.3. The predicted octanol–water partition coefficient (Wildman–Crippen LogP) is 2.16. The van der Waals surface area contributed by atoms with E-state index in [-0.39, 0.29) is 21.4 Å². The first kappa shape index (κ1) is 21.5. The van der Waals surface area contributed by atoms with Gasteiger partial charge in [-0.2, -0.15) is 4.31 Å². The van der Waals surface area contributed by atoms with Crippen molar-refractivity contribution in [2.45, 2.75) is 29.3 Å². The average Bonchev–Trinajstić information content (AvgIpc) is 3.15. The molecule has 1 amide bonds. The third-order valence-corrected chi connectivity index (χ3v) is 7.95. The van der Waals surface area contributed by atoms with Gasteiger partial charge in [0.25, 0.3) is 5.91 Å². The van der Waals surface area contributed by atoms with E-state index in [4.69, 9.17) is 0 Å². The standard InChI is InChI=1S/C20H22N4O5S2/c1-30(26,27)20-22-18(17-10-3-6-13-24(17)20)19(25)21-15-8-7-9-16(14-15)31(28,29)23-11-4-2-5-12-23/h3,6-10,13-14H,2,4-5,11-12H2,1H3,(H,21,25). The van der Waals surface area contributed by atoms with Crippen LogP contribution in [-0.4, -0.2) is 55.8 Å². The summed E-state index contributed by atoms with van der Waals surface area (Å²) in [6.07, 6.45) is 5.19. The van der Waals surface area contributed by atoms with E-state index >= 15 is 0 Å². The molecule has 0 saturated carbocycles. The van der Waals surface area contributed by atoms with Gasteiger partial charge in [-0.15, -0.1) is 0 Å². The highest BCUT2D eigenvalue weighted by Gasteiger charge is 2.27. The van der Waals surface area contributed by atoms with E-state index < -0.39 is 25.8 Å². The Morgan fingerprint density at radius 3 is 2.45 bits per heavy atom. The van der Waals surface area contributed by atoms with Gasteiger partial charge in [0, 0.05) is 31.2 Å². The number of piperidine rings is 1. The van der Waals surface area contributed by atoms with Crippen molar-refractivity contribution in [2.24, 2.45) is 0 Å². The van der Waals surface area contributed by atoms with Gasteiger partial charge in [-0.1, -0.05) is 18.6 Å². The fourth-order valence-electron chi connectivity index (χ4n) is 3.62. The fourth-order valence-corrected chi connectivity index (χ4v) is 5.95. The maximum atomic E-state index is 12.9. The van der Waals surface area contributed by atoms with Crippen molar-refractivity contribution < 1.29 is 21.6 Å². The van der Waals surface area contributed by atoms with Crippen molar-refractivity contribution in [1.82, 2.24) is 13.7 Å². The van der Waals surface area contributed by atoms with Crippen LogP contribution in [0.15, 0.2) is 58.7 Å². The normalized spacial score (nSPS) is 15.8. The van der Waals surface area contributed by atoms with Crippen LogP contribution in [0.5, 0.6) is 0 Å². The number of fused-ring (bicyclic) bond motifs is 1. The van der Waals surface area contributed by atoms with Crippen molar-refractivity contribution in [3.63, 3.8) is 0 Å². The first-order valence-electron chi connectivity index (χ1n) is 9.76. The van der Waals surface area contributed by atoms with Crippen LogP contribution in [0.4, 0.5) is 5.69 Å². The lowest BCUT2D eigenvalue weighted by Gasteiger charge is -2.26.